The van der Waals surface area contributed by atoms with Gasteiger partial charge >= 0.3 is 0 Å². The van der Waals surface area contributed by atoms with Gasteiger partial charge in [0.25, 0.3) is 5.91 Å². The Kier molecular flexibility index (Phi) is 3.99. The highest BCUT2D eigenvalue weighted by Crippen LogP contribution is 2.04. The number of aryl methyl sites for hydroxylation is 1. The van der Waals surface area contributed by atoms with Crippen molar-refractivity contribution in [3.8, 4) is 0 Å². The first-order valence-corrected chi connectivity index (χ1v) is 6.45. The molecule has 0 unspecified atom stereocenters. The van der Waals surface area contributed by atoms with Crippen LogP contribution in [0.25, 0.3) is 0 Å². The predicted molar refractivity (Wildman–Crippen MR) is 71.7 cm³/mol. The van der Waals surface area contributed by atoms with E-state index < -0.39 is 0 Å². The minimum atomic E-state index is -0.176. The van der Waals surface area contributed by atoms with Crippen LogP contribution < -0.4 is 5.32 Å². The van der Waals surface area contributed by atoms with Gasteiger partial charge in [0.15, 0.2) is 0 Å². The maximum Gasteiger partial charge on any atom is 0.272 e. The minimum absolute atomic E-state index is 0.176. The predicted octanol–water partition coefficient (Wildman–Crippen LogP) is 1.61. The first-order valence-electron chi connectivity index (χ1n) is 6.45. The van der Waals surface area contributed by atoms with E-state index in [9.17, 15) is 4.79 Å². The van der Waals surface area contributed by atoms with Crippen LogP contribution in [0.15, 0.2) is 24.7 Å². The summed E-state index contributed by atoms with van der Waals surface area (Å²) in [6.45, 7) is 7.33. The van der Waals surface area contributed by atoms with Crippen LogP contribution in [-0.2, 0) is 13.1 Å². The lowest BCUT2D eigenvalue weighted by molar-refractivity contribution is 0.0943. The zero-order chi connectivity index (χ0) is 13.8. The van der Waals surface area contributed by atoms with Crippen molar-refractivity contribution in [1.82, 2.24) is 24.6 Å². The summed E-state index contributed by atoms with van der Waals surface area (Å²) in [7, 11) is 0. The normalized spacial score (nSPS) is 10.9. The molecule has 0 aromatic carbocycles. The Hall–Kier alpha value is -2.11. The van der Waals surface area contributed by atoms with Gasteiger partial charge in [0, 0.05) is 31.2 Å². The Labute approximate surface area is 112 Å². The zero-order valence-corrected chi connectivity index (χ0v) is 11.5. The molecule has 0 atom stereocenters. The van der Waals surface area contributed by atoms with Crippen molar-refractivity contribution in [3.63, 3.8) is 0 Å². The monoisotopic (exact) mass is 261 g/mol. The smallest absolute Gasteiger partial charge is 0.272 e. The molecule has 0 fully saturated rings. The van der Waals surface area contributed by atoms with E-state index in [1.807, 2.05) is 37.7 Å². The molecular weight excluding hydrogens is 242 g/mol. The van der Waals surface area contributed by atoms with Crippen molar-refractivity contribution in [1.29, 1.82) is 0 Å². The van der Waals surface area contributed by atoms with Crippen LogP contribution in [0.4, 0.5) is 0 Å². The van der Waals surface area contributed by atoms with Gasteiger partial charge in [0.2, 0.25) is 0 Å². The zero-order valence-electron chi connectivity index (χ0n) is 11.5. The molecule has 2 heterocycles. The van der Waals surface area contributed by atoms with Gasteiger partial charge in [0.05, 0.1) is 6.54 Å². The molecule has 0 aliphatic carbocycles. The largest absolute Gasteiger partial charge is 0.343 e. The Morgan fingerprint density at radius 1 is 1.42 bits per heavy atom. The second-order valence-corrected chi connectivity index (χ2v) is 4.59. The first-order chi connectivity index (χ1) is 9.11. The Bertz CT molecular complexity index is 555. The molecule has 2 rings (SSSR count). The van der Waals surface area contributed by atoms with Crippen LogP contribution in [-0.4, -0.2) is 25.2 Å². The van der Waals surface area contributed by atoms with E-state index in [0.717, 1.165) is 12.4 Å². The van der Waals surface area contributed by atoms with Gasteiger partial charge in [-0.25, -0.2) is 4.98 Å². The number of imidazole rings is 1. The average molecular weight is 261 g/mol. The molecule has 1 amide bonds. The molecule has 0 aliphatic rings. The highest BCUT2D eigenvalue weighted by Gasteiger charge is 2.11. The minimum Gasteiger partial charge on any atom is -0.343 e. The third-order valence-corrected chi connectivity index (χ3v) is 2.92. The fraction of sp³-hybridized carbons (Fsp3) is 0.462. The van der Waals surface area contributed by atoms with E-state index in [2.05, 4.69) is 15.4 Å². The molecule has 1 N–H and O–H groups in total. The molecule has 0 spiro atoms. The summed E-state index contributed by atoms with van der Waals surface area (Å²) in [5, 5.41) is 7.06. The van der Waals surface area contributed by atoms with Crippen molar-refractivity contribution in [2.75, 3.05) is 0 Å². The average Bonchev–Trinajstić information content (AvgIpc) is 3.04. The molecule has 6 nitrogen and oxygen atoms in total. The van der Waals surface area contributed by atoms with Crippen molar-refractivity contribution >= 4 is 5.91 Å². The number of carbonyl (C=O) groups excluding carboxylic acids is 1. The summed E-state index contributed by atoms with van der Waals surface area (Å²) in [6, 6.07) is 1.97. The second-order valence-electron chi connectivity index (χ2n) is 4.59. The molecule has 102 valence electrons. The summed E-state index contributed by atoms with van der Waals surface area (Å²) in [6.07, 6.45) is 5.44. The highest BCUT2D eigenvalue weighted by atomic mass is 16.1. The van der Waals surface area contributed by atoms with E-state index in [4.69, 9.17) is 0 Å². The van der Waals surface area contributed by atoms with Crippen molar-refractivity contribution in [2.45, 2.75) is 39.9 Å². The standard InChI is InChI=1S/C13H19N5O/c1-4-17-8-6-14-12(17)9-15-13(19)11-5-7-18(16-11)10(2)3/h5-8,10H,4,9H2,1-3H3,(H,15,19). The molecular formula is C13H19N5O. The van der Waals surface area contributed by atoms with Gasteiger partial charge < -0.3 is 9.88 Å². The SMILES string of the molecule is CCn1ccnc1CNC(=O)c1ccn(C(C)C)n1. The molecule has 19 heavy (non-hydrogen) atoms. The molecule has 2 aromatic heterocycles. The van der Waals surface area contributed by atoms with E-state index in [0.29, 0.717) is 12.2 Å². The second kappa shape index (κ2) is 5.69. The van der Waals surface area contributed by atoms with Gasteiger partial charge in [-0.15, -0.1) is 0 Å². The van der Waals surface area contributed by atoms with Crippen molar-refractivity contribution in [3.05, 3.63) is 36.2 Å². The number of hydrogen-bond donors (Lipinski definition) is 1. The van der Waals surface area contributed by atoms with Crippen LogP contribution in [0.5, 0.6) is 0 Å². The summed E-state index contributed by atoms with van der Waals surface area (Å²) in [4.78, 5) is 16.2. The van der Waals surface area contributed by atoms with E-state index in [-0.39, 0.29) is 11.9 Å². The Morgan fingerprint density at radius 3 is 2.84 bits per heavy atom. The third kappa shape index (κ3) is 3.01. The fourth-order valence-corrected chi connectivity index (χ4v) is 1.79. The molecule has 0 saturated carbocycles. The van der Waals surface area contributed by atoms with Crippen molar-refractivity contribution in [2.24, 2.45) is 0 Å². The third-order valence-electron chi connectivity index (χ3n) is 2.92. The lowest BCUT2D eigenvalue weighted by Gasteiger charge is -2.06. The summed E-state index contributed by atoms with van der Waals surface area (Å²) in [5.41, 5.74) is 0.434. The number of rotatable bonds is 5. The van der Waals surface area contributed by atoms with Crippen LogP contribution in [0.2, 0.25) is 0 Å². The lowest BCUT2D eigenvalue weighted by Crippen LogP contribution is -2.25. The number of amides is 1. The molecule has 0 aliphatic heterocycles. The van der Waals surface area contributed by atoms with Crippen LogP contribution >= 0.6 is 0 Å². The maximum atomic E-state index is 12.0. The van der Waals surface area contributed by atoms with Crippen LogP contribution in [0, 0.1) is 0 Å². The first kappa shape index (κ1) is 13.3. The quantitative estimate of drug-likeness (QED) is 0.889. The van der Waals surface area contributed by atoms with Crippen LogP contribution in [0.3, 0.4) is 0 Å². The highest BCUT2D eigenvalue weighted by molar-refractivity contribution is 5.92. The van der Waals surface area contributed by atoms with E-state index >= 15 is 0 Å². The van der Waals surface area contributed by atoms with E-state index in [1.54, 1.807) is 16.9 Å². The van der Waals surface area contributed by atoms with Gasteiger partial charge in [0.1, 0.15) is 11.5 Å². The number of hydrogen-bond acceptors (Lipinski definition) is 3. The Balaban J connectivity index is 1.97. The maximum absolute atomic E-state index is 12.0. The fourth-order valence-electron chi connectivity index (χ4n) is 1.79. The van der Waals surface area contributed by atoms with E-state index in [1.165, 1.54) is 0 Å². The topological polar surface area (TPSA) is 64.7 Å². The van der Waals surface area contributed by atoms with Gasteiger partial charge in [-0.2, -0.15) is 5.10 Å². The number of aromatic nitrogens is 4. The molecule has 0 radical (unpaired) electrons. The molecule has 6 heteroatoms. The van der Waals surface area contributed by atoms with Gasteiger partial charge in [-0.1, -0.05) is 0 Å². The number of carbonyl (C=O) groups is 1. The van der Waals surface area contributed by atoms with Crippen LogP contribution in [0.1, 0.15) is 43.1 Å². The number of nitrogens with zero attached hydrogens (tertiary/aromatic N) is 4. The van der Waals surface area contributed by atoms with Gasteiger partial charge in [-0.05, 0) is 26.8 Å². The Morgan fingerprint density at radius 2 is 2.21 bits per heavy atom. The summed E-state index contributed by atoms with van der Waals surface area (Å²) in [5.74, 6) is 0.671. The van der Waals surface area contributed by atoms with Gasteiger partial charge in [-0.3, -0.25) is 9.48 Å². The lowest BCUT2D eigenvalue weighted by atomic mass is 10.4. The van der Waals surface area contributed by atoms with Crippen molar-refractivity contribution < 1.29 is 4.79 Å². The molecule has 0 saturated heterocycles. The molecule has 2 aromatic rings. The summed E-state index contributed by atoms with van der Waals surface area (Å²) < 4.78 is 3.76. The summed E-state index contributed by atoms with van der Waals surface area (Å²) >= 11 is 0. The number of nitrogens with one attached hydrogen (secondary N) is 1. The molecule has 0 bridgehead atoms.